The number of aryl methyl sites for hydroxylation is 1. The Balaban J connectivity index is 2.02. The molecule has 0 atom stereocenters. The van der Waals surface area contributed by atoms with Crippen LogP contribution in [0.4, 0.5) is 5.69 Å². The van der Waals surface area contributed by atoms with E-state index in [1.165, 1.54) is 11.3 Å². The summed E-state index contributed by atoms with van der Waals surface area (Å²) in [5.41, 5.74) is 1.78. The molecule has 0 fully saturated rings. The molecule has 1 amide bonds. The summed E-state index contributed by atoms with van der Waals surface area (Å²) >= 11 is 12.4. The molecule has 2 aromatic rings. The van der Waals surface area contributed by atoms with Crippen LogP contribution in [0.3, 0.4) is 0 Å². The number of rotatable bonds is 2. The van der Waals surface area contributed by atoms with E-state index in [-0.39, 0.29) is 11.0 Å². The van der Waals surface area contributed by atoms with Crippen molar-refractivity contribution < 1.29 is 4.79 Å². The first-order valence-corrected chi connectivity index (χ1v) is 7.15. The summed E-state index contributed by atoms with van der Waals surface area (Å²) in [7, 11) is 0. The van der Waals surface area contributed by atoms with Crippen LogP contribution < -0.4 is 10.6 Å². The Bertz CT molecular complexity index is 611. The minimum absolute atomic E-state index is 0.216. The van der Waals surface area contributed by atoms with Crippen LogP contribution in [-0.4, -0.2) is 11.0 Å². The zero-order valence-corrected chi connectivity index (χ0v) is 12.5. The maximum Gasteiger partial charge on any atom is 0.267 e. The van der Waals surface area contributed by atoms with Crippen molar-refractivity contribution in [3.63, 3.8) is 0 Å². The van der Waals surface area contributed by atoms with Crippen LogP contribution in [0.15, 0.2) is 35.7 Å². The van der Waals surface area contributed by atoms with Crippen LogP contribution in [0.1, 0.15) is 15.2 Å². The van der Waals surface area contributed by atoms with Crippen LogP contribution >= 0.6 is 35.2 Å². The normalized spacial score (nSPS) is 10.0. The van der Waals surface area contributed by atoms with Crippen molar-refractivity contribution in [1.29, 1.82) is 0 Å². The second-order valence-electron chi connectivity index (χ2n) is 3.84. The predicted octanol–water partition coefficient (Wildman–Crippen LogP) is 3.84. The molecule has 1 heterocycles. The molecule has 19 heavy (non-hydrogen) atoms. The Morgan fingerprint density at radius 2 is 2.16 bits per heavy atom. The number of carbonyl (C=O) groups is 1. The van der Waals surface area contributed by atoms with Gasteiger partial charge in [-0.25, -0.2) is 0 Å². The monoisotopic (exact) mass is 310 g/mol. The van der Waals surface area contributed by atoms with Crippen molar-refractivity contribution in [3.05, 3.63) is 51.2 Å². The van der Waals surface area contributed by atoms with Crippen LogP contribution in [0.5, 0.6) is 0 Å². The highest BCUT2D eigenvalue weighted by Gasteiger charge is 2.09. The third kappa shape index (κ3) is 3.76. The lowest BCUT2D eigenvalue weighted by Crippen LogP contribution is -2.33. The van der Waals surface area contributed by atoms with Gasteiger partial charge < -0.3 is 5.32 Å². The molecule has 1 aromatic heterocycles. The first-order chi connectivity index (χ1) is 9.06. The standard InChI is InChI=1S/C13H11ClN2OS2/c1-8-4-5-9(14)7-10(8)15-13(18)16-12(17)11-3-2-6-19-11/h2-7H,1H3,(H2,15,16,17,18). The molecule has 0 spiro atoms. The van der Waals surface area contributed by atoms with E-state index in [4.69, 9.17) is 23.8 Å². The molecular formula is C13H11ClN2OS2. The number of halogens is 1. The van der Waals surface area contributed by atoms with Crippen LogP contribution in [-0.2, 0) is 0 Å². The zero-order chi connectivity index (χ0) is 13.8. The minimum atomic E-state index is -0.216. The molecule has 6 heteroatoms. The highest BCUT2D eigenvalue weighted by Crippen LogP contribution is 2.20. The number of thiocarbonyl (C=S) groups is 1. The van der Waals surface area contributed by atoms with Gasteiger partial charge in [0.1, 0.15) is 0 Å². The average molecular weight is 311 g/mol. The smallest absolute Gasteiger partial charge is 0.267 e. The number of anilines is 1. The van der Waals surface area contributed by atoms with Crippen LogP contribution in [0.2, 0.25) is 5.02 Å². The van der Waals surface area contributed by atoms with E-state index < -0.39 is 0 Å². The van der Waals surface area contributed by atoms with Gasteiger partial charge in [0, 0.05) is 10.7 Å². The molecular weight excluding hydrogens is 300 g/mol. The van der Waals surface area contributed by atoms with Gasteiger partial charge >= 0.3 is 0 Å². The van der Waals surface area contributed by atoms with Crippen molar-refractivity contribution in [2.24, 2.45) is 0 Å². The molecule has 0 aliphatic carbocycles. The lowest BCUT2D eigenvalue weighted by Gasteiger charge is -2.11. The largest absolute Gasteiger partial charge is 0.332 e. The fraction of sp³-hybridized carbons (Fsp3) is 0.0769. The fourth-order valence-electron chi connectivity index (χ4n) is 1.45. The SMILES string of the molecule is Cc1ccc(Cl)cc1NC(=S)NC(=O)c1cccs1. The van der Waals surface area contributed by atoms with E-state index in [1.807, 2.05) is 24.4 Å². The van der Waals surface area contributed by atoms with E-state index in [1.54, 1.807) is 18.2 Å². The number of nitrogens with one attached hydrogen (secondary N) is 2. The number of benzene rings is 1. The van der Waals surface area contributed by atoms with Gasteiger partial charge in [-0.1, -0.05) is 23.7 Å². The van der Waals surface area contributed by atoms with Gasteiger partial charge in [0.25, 0.3) is 5.91 Å². The Kier molecular flexibility index (Phi) is 4.52. The van der Waals surface area contributed by atoms with E-state index >= 15 is 0 Å². The van der Waals surface area contributed by atoms with Crippen molar-refractivity contribution in [3.8, 4) is 0 Å². The van der Waals surface area contributed by atoms with Gasteiger partial charge in [-0.2, -0.15) is 0 Å². The van der Waals surface area contributed by atoms with Gasteiger partial charge in [-0.05, 0) is 48.3 Å². The maximum absolute atomic E-state index is 11.8. The first-order valence-electron chi connectivity index (χ1n) is 5.48. The summed E-state index contributed by atoms with van der Waals surface area (Å²) in [5.74, 6) is -0.216. The Morgan fingerprint density at radius 3 is 2.84 bits per heavy atom. The summed E-state index contributed by atoms with van der Waals surface area (Å²) < 4.78 is 0. The molecule has 2 rings (SSSR count). The lowest BCUT2D eigenvalue weighted by atomic mass is 10.2. The quantitative estimate of drug-likeness (QED) is 0.828. The molecule has 0 radical (unpaired) electrons. The zero-order valence-electron chi connectivity index (χ0n) is 10.1. The third-order valence-electron chi connectivity index (χ3n) is 2.42. The Morgan fingerprint density at radius 1 is 1.37 bits per heavy atom. The second-order valence-corrected chi connectivity index (χ2v) is 5.64. The number of hydrogen-bond acceptors (Lipinski definition) is 3. The van der Waals surface area contributed by atoms with E-state index in [0.29, 0.717) is 9.90 Å². The fourth-order valence-corrected chi connectivity index (χ4v) is 2.45. The van der Waals surface area contributed by atoms with Gasteiger partial charge in [0.15, 0.2) is 5.11 Å². The van der Waals surface area contributed by atoms with Crippen molar-refractivity contribution in [1.82, 2.24) is 5.32 Å². The lowest BCUT2D eigenvalue weighted by molar-refractivity contribution is 0.0981. The third-order valence-corrected chi connectivity index (χ3v) is 3.73. The van der Waals surface area contributed by atoms with Crippen molar-refractivity contribution >= 4 is 51.9 Å². The number of thiophene rings is 1. The molecule has 0 saturated heterocycles. The number of amides is 1. The Hall–Kier alpha value is -1.43. The highest BCUT2D eigenvalue weighted by molar-refractivity contribution is 7.80. The van der Waals surface area contributed by atoms with Gasteiger partial charge in [-0.3, -0.25) is 10.1 Å². The van der Waals surface area contributed by atoms with Crippen LogP contribution in [0, 0.1) is 6.92 Å². The molecule has 0 unspecified atom stereocenters. The van der Waals surface area contributed by atoms with Crippen molar-refractivity contribution in [2.75, 3.05) is 5.32 Å². The van der Waals surface area contributed by atoms with Crippen molar-refractivity contribution in [2.45, 2.75) is 6.92 Å². The summed E-state index contributed by atoms with van der Waals surface area (Å²) in [5, 5.41) is 8.29. The minimum Gasteiger partial charge on any atom is -0.332 e. The number of carbonyl (C=O) groups excluding carboxylic acids is 1. The molecule has 1 aromatic carbocycles. The topological polar surface area (TPSA) is 41.1 Å². The van der Waals surface area contributed by atoms with E-state index in [0.717, 1.165) is 11.3 Å². The molecule has 0 bridgehead atoms. The van der Waals surface area contributed by atoms with Gasteiger partial charge in [0.2, 0.25) is 0 Å². The van der Waals surface area contributed by atoms with E-state index in [2.05, 4.69) is 10.6 Å². The van der Waals surface area contributed by atoms with Gasteiger partial charge in [-0.15, -0.1) is 11.3 Å². The maximum atomic E-state index is 11.8. The molecule has 0 aliphatic rings. The summed E-state index contributed by atoms with van der Waals surface area (Å²) in [6.07, 6.45) is 0. The molecule has 3 nitrogen and oxygen atoms in total. The highest BCUT2D eigenvalue weighted by atomic mass is 35.5. The summed E-state index contributed by atoms with van der Waals surface area (Å²) in [4.78, 5) is 12.4. The molecule has 98 valence electrons. The molecule has 2 N–H and O–H groups in total. The van der Waals surface area contributed by atoms with E-state index in [9.17, 15) is 4.79 Å². The van der Waals surface area contributed by atoms with Crippen LogP contribution in [0.25, 0.3) is 0 Å². The predicted molar refractivity (Wildman–Crippen MR) is 84.2 cm³/mol. The number of hydrogen-bond donors (Lipinski definition) is 2. The van der Waals surface area contributed by atoms with Gasteiger partial charge in [0.05, 0.1) is 4.88 Å². The summed E-state index contributed by atoms with van der Waals surface area (Å²) in [6, 6.07) is 9.01. The first kappa shape index (κ1) is 14.0. The average Bonchev–Trinajstić information content (AvgIpc) is 2.87. The molecule has 0 saturated carbocycles. The molecule has 0 aliphatic heterocycles. The Labute approximate surface area is 125 Å². The second kappa shape index (κ2) is 6.14. The summed E-state index contributed by atoms with van der Waals surface area (Å²) in [6.45, 7) is 1.93.